The molecule has 2 atom stereocenters. The second kappa shape index (κ2) is 3.73. The normalized spacial score (nSPS) is 31.0. The van der Waals surface area contributed by atoms with E-state index < -0.39 is 0 Å². The Bertz CT molecular complexity index is 224. The van der Waals surface area contributed by atoms with Crippen LogP contribution in [0.5, 0.6) is 0 Å². The molecule has 1 heterocycles. The Balaban J connectivity index is 2.84. The van der Waals surface area contributed by atoms with Crippen LogP contribution in [-0.4, -0.2) is 24.0 Å². The predicted molar refractivity (Wildman–Crippen MR) is 49.6 cm³/mol. The summed E-state index contributed by atoms with van der Waals surface area (Å²) in [5, 5.41) is 8.95. The molecule has 0 bridgehead atoms. The van der Waals surface area contributed by atoms with Crippen LogP contribution in [-0.2, 0) is 0 Å². The third-order valence-corrected chi connectivity index (χ3v) is 2.71. The molecule has 0 aliphatic carbocycles. The number of nitrogens with zero attached hydrogens (tertiary/aromatic N) is 2. The SMILES string of the molecule is CCC1=CCC(C)N(C)C1C#N. The fourth-order valence-corrected chi connectivity index (χ4v) is 1.63. The minimum atomic E-state index is 0.0127. The van der Waals surface area contributed by atoms with Gasteiger partial charge >= 0.3 is 0 Å². The van der Waals surface area contributed by atoms with Gasteiger partial charge in [-0.1, -0.05) is 13.0 Å². The lowest BCUT2D eigenvalue weighted by Crippen LogP contribution is -2.41. The third-order valence-electron chi connectivity index (χ3n) is 2.71. The Morgan fingerprint density at radius 1 is 1.75 bits per heavy atom. The summed E-state index contributed by atoms with van der Waals surface area (Å²) in [7, 11) is 2.03. The zero-order chi connectivity index (χ0) is 9.14. The van der Waals surface area contributed by atoms with Gasteiger partial charge in [0, 0.05) is 6.04 Å². The van der Waals surface area contributed by atoms with Crippen LogP contribution in [0, 0.1) is 11.3 Å². The van der Waals surface area contributed by atoms with Gasteiger partial charge in [0.15, 0.2) is 0 Å². The van der Waals surface area contributed by atoms with Crippen molar-refractivity contribution in [3.05, 3.63) is 11.6 Å². The summed E-state index contributed by atoms with van der Waals surface area (Å²) in [6.45, 7) is 4.27. The molecule has 0 fully saturated rings. The van der Waals surface area contributed by atoms with Crippen molar-refractivity contribution >= 4 is 0 Å². The van der Waals surface area contributed by atoms with Gasteiger partial charge in [-0.3, -0.25) is 4.90 Å². The number of likely N-dealkylation sites (N-methyl/N-ethyl adjacent to an activating group) is 1. The van der Waals surface area contributed by atoms with Crippen molar-refractivity contribution in [1.29, 1.82) is 5.26 Å². The van der Waals surface area contributed by atoms with Crippen LogP contribution in [0.15, 0.2) is 11.6 Å². The van der Waals surface area contributed by atoms with Gasteiger partial charge in [0.2, 0.25) is 0 Å². The number of hydrogen-bond acceptors (Lipinski definition) is 2. The summed E-state index contributed by atoms with van der Waals surface area (Å²) < 4.78 is 0. The van der Waals surface area contributed by atoms with Crippen LogP contribution in [0.2, 0.25) is 0 Å². The average Bonchev–Trinajstić information content (AvgIpc) is 2.09. The number of rotatable bonds is 1. The van der Waals surface area contributed by atoms with Gasteiger partial charge in [0.1, 0.15) is 6.04 Å². The lowest BCUT2D eigenvalue weighted by Gasteiger charge is -2.33. The lowest BCUT2D eigenvalue weighted by molar-refractivity contribution is 0.225. The lowest BCUT2D eigenvalue weighted by atomic mass is 9.95. The van der Waals surface area contributed by atoms with E-state index in [4.69, 9.17) is 5.26 Å². The molecule has 12 heavy (non-hydrogen) atoms. The van der Waals surface area contributed by atoms with Gasteiger partial charge in [0.25, 0.3) is 0 Å². The number of nitriles is 1. The van der Waals surface area contributed by atoms with E-state index in [1.807, 2.05) is 7.05 Å². The molecule has 66 valence electrons. The van der Waals surface area contributed by atoms with Crippen molar-refractivity contribution in [3.63, 3.8) is 0 Å². The molecular formula is C10H16N2. The van der Waals surface area contributed by atoms with Crippen molar-refractivity contribution in [2.24, 2.45) is 0 Å². The zero-order valence-corrected chi connectivity index (χ0v) is 8.04. The molecule has 0 radical (unpaired) electrons. The highest BCUT2D eigenvalue weighted by molar-refractivity contribution is 5.22. The van der Waals surface area contributed by atoms with E-state index in [2.05, 4.69) is 30.9 Å². The predicted octanol–water partition coefficient (Wildman–Crippen LogP) is 1.94. The first-order chi connectivity index (χ1) is 5.70. The van der Waals surface area contributed by atoms with E-state index in [0.717, 1.165) is 12.8 Å². The molecule has 0 saturated carbocycles. The molecule has 0 aromatic heterocycles. The molecule has 1 rings (SSSR count). The maximum absolute atomic E-state index is 8.95. The van der Waals surface area contributed by atoms with Crippen molar-refractivity contribution in [2.75, 3.05) is 7.05 Å². The summed E-state index contributed by atoms with van der Waals surface area (Å²) in [5.41, 5.74) is 1.28. The molecule has 0 aromatic carbocycles. The van der Waals surface area contributed by atoms with E-state index in [9.17, 15) is 0 Å². The fourth-order valence-electron chi connectivity index (χ4n) is 1.63. The van der Waals surface area contributed by atoms with E-state index in [1.54, 1.807) is 0 Å². The molecule has 0 spiro atoms. The Labute approximate surface area is 74.5 Å². The molecular weight excluding hydrogens is 148 g/mol. The quantitative estimate of drug-likeness (QED) is 0.554. The molecule has 2 heteroatoms. The topological polar surface area (TPSA) is 27.0 Å². The molecule has 2 unspecified atom stereocenters. The van der Waals surface area contributed by atoms with E-state index in [1.165, 1.54) is 5.57 Å². The highest BCUT2D eigenvalue weighted by atomic mass is 15.2. The van der Waals surface area contributed by atoms with Gasteiger partial charge in [-0.05, 0) is 32.4 Å². The molecule has 2 nitrogen and oxygen atoms in total. The van der Waals surface area contributed by atoms with Gasteiger partial charge < -0.3 is 0 Å². The summed E-state index contributed by atoms with van der Waals surface area (Å²) in [4.78, 5) is 2.15. The summed E-state index contributed by atoms with van der Waals surface area (Å²) in [6, 6.07) is 2.86. The first-order valence-corrected chi connectivity index (χ1v) is 4.51. The Morgan fingerprint density at radius 3 is 2.92 bits per heavy atom. The largest absolute Gasteiger partial charge is 0.285 e. The van der Waals surface area contributed by atoms with Crippen LogP contribution in [0.1, 0.15) is 26.7 Å². The highest BCUT2D eigenvalue weighted by Gasteiger charge is 2.25. The monoisotopic (exact) mass is 164 g/mol. The minimum absolute atomic E-state index is 0.0127. The van der Waals surface area contributed by atoms with E-state index >= 15 is 0 Å². The number of hydrogen-bond donors (Lipinski definition) is 0. The summed E-state index contributed by atoms with van der Waals surface area (Å²) in [6.07, 6.45) is 4.30. The summed E-state index contributed by atoms with van der Waals surface area (Å²) >= 11 is 0. The van der Waals surface area contributed by atoms with Crippen molar-refractivity contribution in [3.8, 4) is 6.07 Å². The second-order valence-electron chi connectivity index (χ2n) is 3.41. The fraction of sp³-hybridized carbons (Fsp3) is 0.700. The maximum atomic E-state index is 8.95. The van der Waals surface area contributed by atoms with Crippen LogP contribution in [0.3, 0.4) is 0 Å². The Hall–Kier alpha value is -0.810. The van der Waals surface area contributed by atoms with E-state index in [0.29, 0.717) is 6.04 Å². The minimum Gasteiger partial charge on any atom is -0.285 e. The van der Waals surface area contributed by atoms with Gasteiger partial charge in [-0.25, -0.2) is 0 Å². The highest BCUT2D eigenvalue weighted by Crippen LogP contribution is 2.22. The van der Waals surface area contributed by atoms with Crippen molar-refractivity contribution in [2.45, 2.75) is 38.8 Å². The maximum Gasteiger partial charge on any atom is 0.119 e. The molecule has 0 saturated heterocycles. The van der Waals surface area contributed by atoms with Crippen molar-refractivity contribution < 1.29 is 0 Å². The first kappa shape index (κ1) is 9.28. The van der Waals surface area contributed by atoms with Gasteiger partial charge in [-0.2, -0.15) is 5.26 Å². The van der Waals surface area contributed by atoms with Crippen LogP contribution >= 0.6 is 0 Å². The molecule has 0 N–H and O–H groups in total. The van der Waals surface area contributed by atoms with Gasteiger partial charge in [0.05, 0.1) is 6.07 Å². The Kier molecular flexibility index (Phi) is 2.88. The zero-order valence-electron chi connectivity index (χ0n) is 8.04. The molecule has 0 amide bonds. The van der Waals surface area contributed by atoms with E-state index in [-0.39, 0.29) is 6.04 Å². The summed E-state index contributed by atoms with van der Waals surface area (Å²) in [5.74, 6) is 0. The van der Waals surface area contributed by atoms with Crippen LogP contribution in [0.4, 0.5) is 0 Å². The third kappa shape index (κ3) is 1.51. The van der Waals surface area contributed by atoms with Crippen LogP contribution < -0.4 is 0 Å². The van der Waals surface area contributed by atoms with Gasteiger partial charge in [-0.15, -0.1) is 0 Å². The smallest absolute Gasteiger partial charge is 0.119 e. The molecule has 0 aromatic rings. The second-order valence-corrected chi connectivity index (χ2v) is 3.41. The standard InChI is InChI=1S/C10H16N2/c1-4-9-6-5-8(2)12(3)10(9)7-11/h6,8,10H,4-5H2,1-3H3. The average molecular weight is 164 g/mol. The van der Waals surface area contributed by atoms with Crippen LogP contribution in [0.25, 0.3) is 0 Å². The first-order valence-electron chi connectivity index (χ1n) is 4.51. The Morgan fingerprint density at radius 2 is 2.42 bits per heavy atom. The molecule has 1 aliphatic heterocycles. The van der Waals surface area contributed by atoms with Crippen molar-refractivity contribution in [1.82, 2.24) is 4.90 Å². The molecule has 1 aliphatic rings.